The van der Waals surface area contributed by atoms with Crippen LogP contribution in [0.3, 0.4) is 0 Å². The lowest BCUT2D eigenvalue weighted by Gasteiger charge is -2.38. The van der Waals surface area contributed by atoms with E-state index in [1.165, 1.54) is 0 Å². The number of aromatic nitrogens is 2. The molecule has 0 amide bonds. The predicted octanol–water partition coefficient (Wildman–Crippen LogP) is 4.30. The fraction of sp³-hybridized carbons (Fsp3) is 0.154. The lowest BCUT2D eigenvalue weighted by molar-refractivity contribution is 0.0381. The average Bonchev–Trinajstić information content (AvgIpc) is 3.39. The Kier molecular flexibility index (Phi) is 5.93. The van der Waals surface area contributed by atoms with E-state index in [0.29, 0.717) is 28.2 Å². The molecule has 4 rings (SSSR count). The van der Waals surface area contributed by atoms with Gasteiger partial charge in [0.25, 0.3) is 0 Å². The van der Waals surface area contributed by atoms with Crippen LogP contribution in [0.25, 0.3) is 0 Å². The van der Waals surface area contributed by atoms with Crippen LogP contribution in [0.4, 0.5) is 0 Å². The molecule has 1 N–H and O–H groups in total. The average molecular weight is 425 g/mol. The quantitative estimate of drug-likeness (QED) is 0.478. The van der Waals surface area contributed by atoms with Gasteiger partial charge in [-0.05, 0) is 53.1 Å². The zero-order valence-electron chi connectivity index (χ0n) is 17.8. The van der Waals surface area contributed by atoms with E-state index in [1.807, 2.05) is 71.4 Å². The number of hydrogen-bond acceptors (Lipinski definition) is 5. The van der Waals surface area contributed by atoms with Gasteiger partial charge in [0.05, 0.1) is 38.2 Å². The number of nitriles is 1. The summed E-state index contributed by atoms with van der Waals surface area (Å²) in [5.74, 6) is 1.40. The molecule has 0 fully saturated rings. The minimum Gasteiger partial charge on any atom is -0.497 e. The Bertz CT molecular complexity index is 1150. The van der Waals surface area contributed by atoms with Gasteiger partial charge in [-0.15, -0.1) is 0 Å². The number of methoxy groups -OCH3 is 2. The zero-order valence-corrected chi connectivity index (χ0v) is 17.8. The van der Waals surface area contributed by atoms with Gasteiger partial charge < -0.3 is 19.1 Å². The molecule has 6 heteroatoms. The summed E-state index contributed by atoms with van der Waals surface area (Å²) in [6.45, 7) is 0. The summed E-state index contributed by atoms with van der Waals surface area (Å²) in [4.78, 5) is 4.22. The molecule has 0 aliphatic rings. The summed E-state index contributed by atoms with van der Waals surface area (Å²) < 4.78 is 12.5. The van der Waals surface area contributed by atoms with Gasteiger partial charge >= 0.3 is 0 Å². The molecule has 1 atom stereocenters. The van der Waals surface area contributed by atoms with Crippen molar-refractivity contribution in [3.05, 3.63) is 114 Å². The van der Waals surface area contributed by atoms with E-state index >= 15 is 0 Å². The van der Waals surface area contributed by atoms with E-state index in [4.69, 9.17) is 9.47 Å². The molecule has 0 aliphatic carbocycles. The molecular weight excluding hydrogens is 402 g/mol. The van der Waals surface area contributed by atoms with Crippen LogP contribution < -0.4 is 9.47 Å². The van der Waals surface area contributed by atoms with Crippen molar-refractivity contribution >= 4 is 0 Å². The highest BCUT2D eigenvalue weighted by Gasteiger charge is 2.42. The fourth-order valence-electron chi connectivity index (χ4n) is 3.96. The van der Waals surface area contributed by atoms with E-state index in [-0.39, 0.29) is 0 Å². The van der Waals surface area contributed by atoms with Gasteiger partial charge in [0.15, 0.2) is 0 Å². The van der Waals surface area contributed by atoms with Crippen LogP contribution >= 0.6 is 0 Å². The van der Waals surface area contributed by atoms with Crippen molar-refractivity contribution in [2.45, 2.75) is 11.6 Å². The van der Waals surface area contributed by atoms with Gasteiger partial charge in [0.1, 0.15) is 17.1 Å². The van der Waals surface area contributed by atoms with Crippen molar-refractivity contribution in [1.29, 1.82) is 5.26 Å². The van der Waals surface area contributed by atoms with Crippen LogP contribution in [0.5, 0.6) is 11.5 Å². The first-order chi connectivity index (χ1) is 15.6. The van der Waals surface area contributed by atoms with Gasteiger partial charge in [-0.2, -0.15) is 5.26 Å². The number of rotatable bonds is 7. The largest absolute Gasteiger partial charge is 0.497 e. The molecule has 4 aromatic rings. The molecule has 3 aromatic carbocycles. The van der Waals surface area contributed by atoms with E-state index in [0.717, 1.165) is 5.56 Å². The Morgan fingerprint density at radius 3 is 1.81 bits per heavy atom. The first-order valence-corrected chi connectivity index (χ1v) is 10.1. The Balaban J connectivity index is 1.96. The monoisotopic (exact) mass is 425 g/mol. The summed E-state index contributed by atoms with van der Waals surface area (Å²) in [5.41, 5.74) is 1.29. The predicted molar refractivity (Wildman–Crippen MR) is 121 cm³/mol. The molecule has 32 heavy (non-hydrogen) atoms. The smallest absolute Gasteiger partial charge is 0.139 e. The van der Waals surface area contributed by atoms with Crippen molar-refractivity contribution in [1.82, 2.24) is 9.55 Å². The van der Waals surface area contributed by atoms with Crippen LogP contribution in [0.2, 0.25) is 0 Å². The summed E-state index contributed by atoms with van der Waals surface area (Å²) in [7, 11) is 3.21. The Hall–Kier alpha value is -4.08. The van der Waals surface area contributed by atoms with Crippen molar-refractivity contribution in [3.8, 4) is 17.6 Å². The van der Waals surface area contributed by atoms with Gasteiger partial charge in [-0.25, -0.2) is 4.98 Å². The molecular formula is C26H23N3O3. The molecule has 0 bridgehead atoms. The number of nitrogens with zero attached hydrogens (tertiary/aromatic N) is 3. The summed E-state index contributed by atoms with van der Waals surface area (Å²) in [6.07, 6.45) is 5.18. The molecule has 0 spiro atoms. The SMILES string of the molecule is COc1ccc(C(O)(c2ccc(OC)cc2)C(c2ccc(C#N)cc2)n2ccnc2)cc1. The molecule has 1 aromatic heterocycles. The number of ether oxygens (including phenoxy) is 2. The molecule has 1 unspecified atom stereocenters. The van der Waals surface area contributed by atoms with Crippen molar-refractivity contribution in [3.63, 3.8) is 0 Å². The zero-order chi connectivity index (χ0) is 22.6. The highest BCUT2D eigenvalue weighted by Crippen LogP contribution is 2.44. The standard InChI is InChI=1S/C26H23N3O3/c1-31-23-11-7-21(8-12-23)26(30,22-9-13-24(32-2)14-10-22)25(29-16-15-28-18-29)20-5-3-19(17-27)4-6-20/h3-16,18,25,30H,1-2H3. The number of benzene rings is 3. The Morgan fingerprint density at radius 1 is 0.875 bits per heavy atom. The second-order valence-corrected chi connectivity index (χ2v) is 7.37. The van der Waals surface area contributed by atoms with E-state index < -0.39 is 11.6 Å². The van der Waals surface area contributed by atoms with E-state index in [9.17, 15) is 10.4 Å². The molecule has 0 saturated carbocycles. The lowest BCUT2D eigenvalue weighted by atomic mass is 9.77. The number of imidazole rings is 1. The minimum absolute atomic E-state index is 0.551. The van der Waals surface area contributed by atoms with E-state index in [2.05, 4.69) is 11.1 Å². The van der Waals surface area contributed by atoms with Crippen LogP contribution in [0, 0.1) is 11.3 Å². The van der Waals surface area contributed by atoms with Crippen molar-refractivity contribution < 1.29 is 14.6 Å². The topological polar surface area (TPSA) is 80.3 Å². The summed E-state index contributed by atoms with van der Waals surface area (Å²) in [5, 5.41) is 21.7. The molecule has 1 heterocycles. The number of hydrogen-bond donors (Lipinski definition) is 1. The third kappa shape index (κ3) is 3.82. The molecule has 0 saturated heterocycles. The third-order valence-corrected chi connectivity index (χ3v) is 5.63. The van der Waals surface area contributed by atoms with Crippen molar-refractivity contribution in [2.24, 2.45) is 0 Å². The van der Waals surface area contributed by atoms with Gasteiger partial charge in [-0.1, -0.05) is 36.4 Å². The fourth-order valence-corrected chi connectivity index (χ4v) is 3.96. The van der Waals surface area contributed by atoms with Crippen LogP contribution in [0.1, 0.15) is 28.3 Å². The molecule has 0 aliphatic heterocycles. The van der Waals surface area contributed by atoms with Crippen LogP contribution in [-0.2, 0) is 5.60 Å². The molecule has 0 radical (unpaired) electrons. The highest BCUT2D eigenvalue weighted by atomic mass is 16.5. The normalized spacial score (nSPS) is 12.1. The lowest BCUT2D eigenvalue weighted by Crippen LogP contribution is -2.38. The first kappa shape index (κ1) is 21.2. The molecule has 6 nitrogen and oxygen atoms in total. The van der Waals surface area contributed by atoms with Crippen LogP contribution in [0.15, 0.2) is 91.5 Å². The summed E-state index contributed by atoms with van der Waals surface area (Å²) >= 11 is 0. The van der Waals surface area contributed by atoms with Gasteiger partial charge in [-0.3, -0.25) is 0 Å². The second-order valence-electron chi connectivity index (χ2n) is 7.37. The van der Waals surface area contributed by atoms with E-state index in [1.54, 1.807) is 38.9 Å². The maximum Gasteiger partial charge on any atom is 0.139 e. The van der Waals surface area contributed by atoms with Crippen LogP contribution in [-0.4, -0.2) is 28.9 Å². The van der Waals surface area contributed by atoms with Crippen molar-refractivity contribution in [2.75, 3.05) is 14.2 Å². The summed E-state index contributed by atoms with van der Waals surface area (Å²) in [6, 6.07) is 23.6. The molecule has 160 valence electrons. The maximum atomic E-state index is 12.5. The van der Waals surface area contributed by atoms with Gasteiger partial charge in [0, 0.05) is 12.4 Å². The number of aliphatic hydroxyl groups is 1. The minimum atomic E-state index is -1.46. The highest BCUT2D eigenvalue weighted by molar-refractivity contribution is 5.46. The first-order valence-electron chi connectivity index (χ1n) is 10.1. The Labute approximate surface area is 186 Å². The third-order valence-electron chi connectivity index (χ3n) is 5.63. The Morgan fingerprint density at radius 2 is 1.41 bits per heavy atom. The second kappa shape index (κ2) is 8.96. The van der Waals surface area contributed by atoms with Gasteiger partial charge in [0.2, 0.25) is 0 Å². The maximum absolute atomic E-state index is 12.5.